The smallest absolute Gasteiger partial charge is 0.293 e. The van der Waals surface area contributed by atoms with Gasteiger partial charge in [0.2, 0.25) is 5.91 Å². The molecular weight excluding hydrogens is 387 g/mol. The third-order valence-electron chi connectivity index (χ3n) is 4.16. The van der Waals surface area contributed by atoms with E-state index in [2.05, 4.69) is 10.4 Å². The van der Waals surface area contributed by atoms with E-state index in [9.17, 15) is 23.6 Å². The SMILES string of the molecule is CN1N=C(C(=O)NCCN2C(=O)SC(=Cc3ccccc3F)C2=O)CCC1=O. The van der Waals surface area contributed by atoms with E-state index >= 15 is 0 Å². The number of imide groups is 1. The van der Waals surface area contributed by atoms with Crippen molar-refractivity contribution in [1.82, 2.24) is 15.2 Å². The molecule has 0 saturated carbocycles. The molecule has 8 nitrogen and oxygen atoms in total. The van der Waals surface area contributed by atoms with Gasteiger partial charge in [-0.3, -0.25) is 24.1 Å². The lowest BCUT2D eigenvalue weighted by Crippen LogP contribution is -2.41. The monoisotopic (exact) mass is 404 g/mol. The highest BCUT2D eigenvalue weighted by Crippen LogP contribution is 2.32. The van der Waals surface area contributed by atoms with Crippen LogP contribution >= 0.6 is 11.8 Å². The minimum Gasteiger partial charge on any atom is -0.349 e. The Morgan fingerprint density at radius 3 is 2.75 bits per heavy atom. The van der Waals surface area contributed by atoms with Crippen LogP contribution in [0.3, 0.4) is 0 Å². The van der Waals surface area contributed by atoms with Gasteiger partial charge in [0, 0.05) is 38.5 Å². The Hall–Kier alpha value is -3.01. The summed E-state index contributed by atoms with van der Waals surface area (Å²) < 4.78 is 13.7. The van der Waals surface area contributed by atoms with Gasteiger partial charge in [-0.2, -0.15) is 5.10 Å². The van der Waals surface area contributed by atoms with Gasteiger partial charge >= 0.3 is 0 Å². The van der Waals surface area contributed by atoms with Gasteiger partial charge in [0.15, 0.2) is 0 Å². The summed E-state index contributed by atoms with van der Waals surface area (Å²) in [5, 5.41) is 7.12. The number of hydrogen-bond donors (Lipinski definition) is 1. The van der Waals surface area contributed by atoms with Crippen LogP contribution in [0.25, 0.3) is 6.08 Å². The highest BCUT2D eigenvalue weighted by Gasteiger charge is 2.35. The minimum absolute atomic E-state index is 0.0208. The van der Waals surface area contributed by atoms with Gasteiger partial charge in [-0.15, -0.1) is 0 Å². The number of thioether (sulfide) groups is 1. The molecule has 2 aliphatic heterocycles. The van der Waals surface area contributed by atoms with Crippen LogP contribution in [0, 0.1) is 5.82 Å². The molecule has 3 rings (SSSR count). The Kier molecular flexibility index (Phi) is 5.88. The predicted molar refractivity (Wildman–Crippen MR) is 102 cm³/mol. The molecule has 10 heteroatoms. The molecule has 1 aromatic rings. The van der Waals surface area contributed by atoms with E-state index in [-0.39, 0.29) is 48.0 Å². The lowest BCUT2D eigenvalue weighted by atomic mass is 10.1. The minimum atomic E-state index is -0.534. The summed E-state index contributed by atoms with van der Waals surface area (Å²) in [6.45, 7) is 0.0214. The number of hydrazone groups is 1. The Morgan fingerprint density at radius 2 is 2.04 bits per heavy atom. The summed E-state index contributed by atoms with van der Waals surface area (Å²) >= 11 is 0.724. The van der Waals surface area contributed by atoms with E-state index in [0.717, 1.165) is 21.7 Å². The molecule has 1 fully saturated rings. The van der Waals surface area contributed by atoms with E-state index in [1.54, 1.807) is 6.07 Å². The Bertz CT molecular complexity index is 915. The van der Waals surface area contributed by atoms with Gasteiger partial charge < -0.3 is 5.32 Å². The summed E-state index contributed by atoms with van der Waals surface area (Å²) in [5.41, 5.74) is 0.436. The molecule has 2 heterocycles. The molecule has 4 amide bonds. The lowest BCUT2D eigenvalue weighted by Gasteiger charge is -2.19. The van der Waals surface area contributed by atoms with Gasteiger partial charge in [0.25, 0.3) is 17.1 Å². The van der Waals surface area contributed by atoms with E-state index < -0.39 is 22.9 Å². The van der Waals surface area contributed by atoms with Crippen LogP contribution in [0.15, 0.2) is 34.3 Å². The highest BCUT2D eigenvalue weighted by molar-refractivity contribution is 8.18. The van der Waals surface area contributed by atoms with E-state index in [1.807, 2.05) is 0 Å². The number of carbonyl (C=O) groups excluding carboxylic acids is 4. The fourth-order valence-electron chi connectivity index (χ4n) is 2.64. The molecule has 0 unspecified atom stereocenters. The molecular formula is C18H17FN4O4S. The molecule has 0 aliphatic carbocycles. The average Bonchev–Trinajstić information content (AvgIpc) is 2.93. The number of nitrogens with one attached hydrogen (secondary N) is 1. The normalized spacial score (nSPS) is 18.7. The van der Waals surface area contributed by atoms with Crippen molar-refractivity contribution in [2.75, 3.05) is 20.1 Å². The molecule has 0 atom stereocenters. The number of benzene rings is 1. The summed E-state index contributed by atoms with van der Waals surface area (Å²) in [5.74, 6) is -1.64. The largest absolute Gasteiger partial charge is 0.349 e. The summed E-state index contributed by atoms with van der Waals surface area (Å²) in [6.07, 6.45) is 1.77. The summed E-state index contributed by atoms with van der Waals surface area (Å²) in [6, 6.07) is 5.94. The average molecular weight is 404 g/mol. The first-order chi connectivity index (χ1) is 13.4. The maximum absolute atomic E-state index is 13.7. The zero-order valence-corrected chi connectivity index (χ0v) is 15.8. The van der Waals surface area contributed by atoms with Gasteiger partial charge in [0.1, 0.15) is 11.5 Å². The van der Waals surface area contributed by atoms with Gasteiger partial charge in [-0.05, 0) is 23.9 Å². The second-order valence-electron chi connectivity index (χ2n) is 6.07. The third-order valence-corrected chi connectivity index (χ3v) is 5.06. The van der Waals surface area contributed by atoms with Crippen molar-refractivity contribution in [3.05, 3.63) is 40.6 Å². The Balaban J connectivity index is 1.58. The molecule has 1 N–H and O–H groups in total. The van der Waals surface area contributed by atoms with Crippen molar-refractivity contribution in [2.24, 2.45) is 5.10 Å². The lowest BCUT2D eigenvalue weighted by molar-refractivity contribution is -0.130. The molecule has 0 spiro atoms. The number of nitrogens with zero attached hydrogens (tertiary/aromatic N) is 3. The first-order valence-corrected chi connectivity index (χ1v) is 9.30. The molecule has 146 valence electrons. The quantitative estimate of drug-likeness (QED) is 0.752. The van der Waals surface area contributed by atoms with Crippen molar-refractivity contribution < 1.29 is 23.6 Å². The maximum atomic E-state index is 13.7. The third kappa shape index (κ3) is 4.28. The van der Waals surface area contributed by atoms with Crippen LogP contribution in [-0.4, -0.2) is 58.7 Å². The van der Waals surface area contributed by atoms with E-state index in [4.69, 9.17) is 0 Å². The Morgan fingerprint density at radius 1 is 1.29 bits per heavy atom. The van der Waals surface area contributed by atoms with Crippen LogP contribution in [0.1, 0.15) is 18.4 Å². The predicted octanol–water partition coefficient (Wildman–Crippen LogP) is 1.59. The van der Waals surface area contributed by atoms with Crippen molar-refractivity contribution >= 4 is 46.5 Å². The van der Waals surface area contributed by atoms with Crippen LogP contribution in [0.2, 0.25) is 0 Å². The van der Waals surface area contributed by atoms with Crippen molar-refractivity contribution in [2.45, 2.75) is 12.8 Å². The first kappa shape index (κ1) is 19.7. The zero-order valence-electron chi connectivity index (χ0n) is 15.0. The van der Waals surface area contributed by atoms with Crippen LogP contribution in [0.4, 0.5) is 9.18 Å². The molecule has 28 heavy (non-hydrogen) atoms. The number of halogens is 1. The number of amides is 4. The Labute approximate surface area is 164 Å². The number of hydrogen-bond acceptors (Lipinski definition) is 6. The number of rotatable bonds is 5. The second-order valence-corrected chi connectivity index (χ2v) is 7.07. The molecule has 0 bridgehead atoms. The summed E-state index contributed by atoms with van der Waals surface area (Å²) in [7, 11) is 1.47. The van der Waals surface area contributed by atoms with Gasteiger partial charge in [-0.1, -0.05) is 18.2 Å². The molecule has 0 aromatic heterocycles. The fraction of sp³-hybridized carbons (Fsp3) is 0.278. The second kappa shape index (κ2) is 8.34. The first-order valence-electron chi connectivity index (χ1n) is 8.49. The fourth-order valence-corrected chi connectivity index (χ4v) is 3.50. The van der Waals surface area contributed by atoms with Crippen LogP contribution in [0.5, 0.6) is 0 Å². The van der Waals surface area contributed by atoms with E-state index in [0.29, 0.717) is 0 Å². The topological polar surface area (TPSA) is 99.2 Å². The standard InChI is InChI=1S/C18H17FN4O4S/c1-22-15(24)7-6-13(21-22)16(25)20-8-9-23-17(26)14(28-18(23)27)10-11-4-2-3-5-12(11)19/h2-5,10H,6-9H2,1H3,(H,20,25). The van der Waals surface area contributed by atoms with Crippen LogP contribution < -0.4 is 5.32 Å². The van der Waals surface area contributed by atoms with E-state index in [1.165, 1.54) is 31.3 Å². The zero-order chi connectivity index (χ0) is 20.3. The van der Waals surface area contributed by atoms with Gasteiger partial charge in [-0.25, -0.2) is 9.40 Å². The van der Waals surface area contributed by atoms with Crippen LogP contribution in [-0.2, 0) is 14.4 Å². The maximum Gasteiger partial charge on any atom is 0.293 e. The molecule has 1 saturated heterocycles. The number of carbonyl (C=O) groups is 4. The molecule has 1 aromatic carbocycles. The van der Waals surface area contributed by atoms with Gasteiger partial charge in [0.05, 0.1) is 4.91 Å². The van der Waals surface area contributed by atoms with Crippen molar-refractivity contribution in [1.29, 1.82) is 0 Å². The molecule has 2 aliphatic rings. The molecule has 0 radical (unpaired) electrons. The van der Waals surface area contributed by atoms with Crippen molar-refractivity contribution in [3.8, 4) is 0 Å². The summed E-state index contributed by atoms with van der Waals surface area (Å²) in [4.78, 5) is 49.1. The highest BCUT2D eigenvalue weighted by atomic mass is 32.2. The van der Waals surface area contributed by atoms with Crippen molar-refractivity contribution in [3.63, 3.8) is 0 Å².